The van der Waals surface area contributed by atoms with Gasteiger partial charge in [-0.15, -0.1) is 16.9 Å². The van der Waals surface area contributed by atoms with Gasteiger partial charge in [0.05, 0.1) is 11.8 Å². The van der Waals surface area contributed by atoms with Crippen LogP contribution in [-0.4, -0.2) is 45.1 Å². The van der Waals surface area contributed by atoms with E-state index in [4.69, 9.17) is 9.47 Å². The van der Waals surface area contributed by atoms with Gasteiger partial charge in [0, 0.05) is 16.1 Å². The van der Waals surface area contributed by atoms with E-state index in [0.29, 0.717) is 25.0 Å². The summed E-state index contributed by atoms with van der Waals surface area (Å²) in [5.41, 5.74) is 1.61. The molecule has 1 N–H and O–H groups in total. The molecule has 0 saturated heterocycles. The van der Waals surface area contributed by atoms with Crippen molar-refractivity contribution in [3.63, 3.8) is 0 Å². The Balaban J connectivity index is 1.22. The lowest BCUT2D eigenvalue weighted by Gasteiger charge is -2.18. The SMILES string of the molecule is O=C(CSc1ccc2c(c1)OCCO2)Nc1cccc(-c2nnnn2C2CC2)c1. The Hall–Kier alpha value is -3.07. The van der Waals surface area contributed by atoms with Crippen molar-refractivity contribution in [1.82, 2.24) is 20.2 Å². The molecule has 148 valence electrons. The Morgan fingerprint density at radius 1 is 1.14 bits per heavy atom. The van der Waals surface area contributed by atoms with Crippen molar-refractivity contribution < 1.29 is 14.3 Å². The van der Waals surface area contributed by atoms with Gasteiger partial charge < -0.3 is 14.8 Å². The van der Waals surface area contributed by atoms with Crippen LogP contribution in [0.5, 0.6) is 11.5 Å². The van der Waals surface area contributed by atoms with Crippen molar-refractivity contribution in [2.75, 3.05) is 24.3 Å². The molecule has 0 radical (unpaired) electrons. The first-order chi connectivity index (χ1) is 14.3. The zero-order valence-electron chi connectivity index (χ0n) is 15.6. The Morgan fingerprint density at radius 3 is 2.86 bits per heavy atom. The Morgan fingerprint density at radius 2 is 2.00 bits per heavy atom. The van der Waals surface area contributed by atoms with E-state index in [1.807, 2.05) is 47.1 Å². The van der Waals surface area contributed by atoms with Gasteiger partial charge in [0.25, 0.3) is 0 Å². The Kier molecular flexibility index (Phi) is 4.81. The average molecular weight is 409 g/mol. The third kappa shape index (κ3) is 4.04. The summed E-state index contributed by atoms with van der Waals surface area (Å²) >= 11 is 1.45. The number of hydrogen-bond donors (Lipinski definition) is 1. The first-order valence-corrected chi connectivity index (χ1v) is 10.5. The van der Waals surface area contributed by atoms with Crippen molar-refractivity contribution in [2.45, 2.75) is 23.8 Å². The molecule has 1 aliphatic carbocycles. The molecule has 29 heavy (non-hydrogen) atoms. The summed E-state index contributed by atoms with van der Waals surface area (Å²) in [5, 5.41) is 15.0. The summed E-state index contributed by atoms with van der Waals surface area (Å²) < 4.78 is 13.0. The molecule has 1 saturated carbocycles. The minimum atomic E-state index is -0.0798. The van der Waals surface area contributed by atoms with Gasteiger partial charge in [-0.1, -0.05) is 12.1 Å². The van der Waals surface area contributed by atoms with Crippen LogP contribution in [0.2, 0.25) is 0 Å². The number of rotatable bonds is 6. The molecular formula is C20H19N5O3S. The second-order valence-corrected chi connectivity index (χ2v) is 7.95. The molecule has 8 nitrogen and oxygen atoms in total. The van der Waals surface area contributed by atoms with Crippen molar-refractivity contribution in [3.05, 3.63) is 42.5 Å². The maximum Gasteiger partial charge on any atom is 0.234 e. The average Bonchev–Trinajstić information content (AvgIpc) is 3.48. The van der Waals surface area contributed by atoms with E-state index in [1.54, 1.807) is 0 Å². The van der Waals surface area contributed by atoms with Crippen LogP contribution in [0.15, 0.2) is 47.4 Å². The number of aromatic nitrogens is 4. The number of ether oxygens (including phenoxy) is 2. The van der Waals surface area contributed by atoms with Crippen LogP contribution in [0, 0.1) is 0 Å². The molecule has 0 bridgehead atoms. The first-order valence-electron chi connectivity index (χ1n) is 9.47. The van der Waals surface area contributed by atoms with Gasteiger partial charge in [-0.3, -0.25) is 4.79 Å². The van der Waals surface area contributed by atoms with Crippen LogP contribution < -0.4 is 14.8 Å². The lowest BCUT2D eigenvalue weighted by atomic mass is 10.2. The van der Waals surface area contributed by atoms with Gasteiger partial charge in [0.15, 0.2) is 17.3 Å². The number of nitrogens with zero attached hydrogens (tertiary/aromatic N) is 4. The van der Waals surface area contributed by atoms with E-state index in [9.17, 15) is 4.79 Å². The lowest BCUT2D eigenvalue weighted by Crippen LogP contribution is -2.15. The van der Waals surface area contributed by atoms with Gasteiger partial charge in [0.1, 0.15) is 13.2 Å². The van der Waals surface area contributed by atoms with Gasteiger partial charge in [-0.25, -0.2) is 4.68 Å². The minimum Gasteiger partial charge on any atom is -0.486 e. The Labute approximate surface area is 171 Å². The van der Waals surface area contributed by atoms with E-state index < -0.39 is 0 Å². The summed E-state index contributed by atoms with van der Waals surface area (Å²) in [4.78, 5) is 13.4. The van der Waals surface area contributed by atoms with Crippen LogP contribution >= 0.6 is 11.8 Å². The highest BCUT2D eigenvalue weighted by molar-refractivity contribution is 8.00. The summed E-state index contributed by atoms with van der Waals surface area (Å²) in [7, 11) is 0. The van der Waals surface area contributed by atoms with E-state index in [-0.39, 0.29) is 5.91 Å². The van der Waals surface area contributed by atoms with E-state index in [0.717, 1.165) is 46.3 Å². The molecule has 0 spiro atoms. The second kappa shape index (κ2) is 7.75. The zero-order chi connectivity index (χ0) is 19.6. The molecule has 5 rings (SSSR count). The van der Waals surface area contributed by atoms with Crippen molar-refractivity contribution in [2.24, 2.45) is 0 Å². The minimum absolute atomic E-state index is 0.0798. The summed E-state index contributed by atoms with van der Waals surface area (Å²) in [6.07, 6.45) is 2.21. The maximum absolute atomic E-state index is 12.4. The molecule has 0 unspecified atom stereocenters. The molecule has 9 heteroatoms. The molecular weight excluding hydrogens is 390 g/mol. The molecule has 1 amide bonds. The topological polar surface area (TPSA) is 91.2 Å². The predicted octanol–water partition coefficient (Wildman–Crippen LogP) is 3.18. The first kappa shape index (κ1) is 18.0. The van der Waals surface area contributed by atoms with E-state index in [2.05, 4.69) is 20.8 Å². The third-order valence-electron chi connectivity index (χ3n) is 4.67. The molecule has 0 atom stereocenters. The van der Waals surface area contributed by atoms with E-state index in [1.165, 1.54) is 11.8 Å². The van der Waals surface area contributed by atoms with Gasteiger partial charge in [-0.2, -0.15) is 0 Å². The summed E-state index contributed by atoms with van der Waals surface area (Å²) in [5.74, 6) is 2.42. The van der Waals surface area contributed by atoms with Crippen molar-refractivity contribution in [1.29, 1.82) is 0 Å². The largest absolute Gasteiger partial charge is 0.486 e. The molecule has 1 aromatic heterocycles. The number of carbonyl (C=O) groups excluding carboxylic acids is 1. The smallest absolute Gasteiger partial charge is 0.234 e. The highest BCUT2D eigenvalue weighted by Gasteiger charge is 2.28. The highest BCUT2D eigenvalue weighted by Crippen LogP contribution is 2.37. The summed E-state index contributed by atoms with van der Waals surface area (Å²) in [6, 6.07) is 13.7. The number of amides is 1. The van der Waals surface area contributed by atoms with Crippen LogP contribution in [0.25, 0.3) is 11.4 Å². The van der Waals surface area contributed by atoms with Crippen LogP contribution in [0.1, 0.15) is 18.9 Å². The number of thioether (sulfide) groups is 1. The van der Waals surface area contributed by atoms with E-state index >= 15 is 0 Å². The number of benzene rings is 2. The second-order valence-electron chi connectivity index (χ2n) is 6.90. The number of anilines is 1. The van der Waals surface area contributed by atoms with Crippen LogP contribution in [0.3, 0.4) is 0 Å². The van der Waals surface area contributed by atoms with Crippen molar-refractivity contribution >= 4 is 23.4 Å². The highest BCUT2D eigenvalue weighted by atomic mass is 32.2. The number of hydrogen-bond acceptors (Lipinski definition) is 7. The molecule has 2 aromatic carbocycles. The molecule has 2 heterocycles. The summed E-state index contributed by atoms with van der Waals surface area (Å²) in [6.45, 7) is 1.11. The zero-order valence-corrected chi connectivity index (χ0v) is 16.4. The van der Waals surface area contributed by atoms with Crippen molar-refractivity contribution in [3.8, 4) is 22.9 Å². The van der Waals surface area contributed by atoms with Gasteiger partial charge in [0.2, 0.25) is 5.91 Å². The predicted molar refractivity (Wildman–Crippen MR) is 108 cm³/mol. The quantitative estimate of drug-likeness (QED) is 0.625. The fourth-order valence-electron chi connectivity index (χ4n) is 3.14. The standard InChI is InChI=1S/C20H19N5O3S/c26-19(12-29-16-6-7-17-18(11-16)28-9-8-27-17)21-14-3-1-2-13(10-14)20-22-23-24-25(20)15-4-5-15/h1-3,6-7,10-11,15H,4-5,8-9,12H2,(H,21,26). The number of carbonyl (C=O) groups is 1. The molecule has 3 aromatic rings. The fourth-order valence-corrected chi connectivity index (χ4v) is 3.87. The number of tetrazole rings is 1. The maximum atomic E-state index is 12.4. The van der Waals surface area contributed by atoms with Crippen LogP contribution in [-0.2, 0) is 4.79 Å². The Bertz CT molecular complexity index is 1050. The normalized spacial score (nSPS) is 15.2. The molecule has 1 aliphatic heterocycles. The third-order valence-corrected chi connectivity index (χ3v) is 5.67. The van der Waals surface area contributed by atoms with Gasteiger partial charge >= 0.3 is 0 Å². The fraction of sp³-hybridized carbons (Fsp3) is 0.300. The number of nitrogens with one attached hydrogen (secondary N) is 1. The monoisotopic (exact) mass is 409 g/mol. The van der Waals surface area contributed by atoms with Gasteiger partial charge in [-0.05, 0) is 53.6 Å². The molecule has 2 aliphatic rings. The number of fused-ring (bicyclic) bond motifs is 1. The lowest BCUT2D eigenvalue weighted by molar-refractivity contribution is -0.113. The molecule has 1 fully saturated rings. The van der Waals surface area contributed by atoms with Crippen LogP contribution in [0.4, 0.5) is 5.69 Å².